The molecule has 2 heterocycles. The predicted octanol–water partition coefficient (Wildman–Crippen LogP) is 1.41. The number of aromatic nitrogens is 1. The van der Waals surface area contributed by atoms with Gasteiger partial charge in [0.05, 0.1) is 17.9 Å². The maximum absolute atomic E-state index is 12.2. The molecule has 0 radical (unpaired) electrons. The summed E-state index contributed by atoms with van der Waals surface area (Å²) in [5, 5.41) is 6.30. The summed E-state index contributed by atoms with van der Waals surface area (Å²) in [4.78, 5) is 31.8. The number of hydrogen-bond donors (Lipinski definition) is 2. The highest BCUT2D eigenvalue weighted by atomic mass is 16.6. The zero-order valence-electron chi connectivity index (χ0n) is 15.8. The van der Waals surface area contributed by atoms with Crippen molar-refractivity contribution in [2.24, 2.45) is 0 Å². The summed E-state index contributed by atoms with van der Waals surface area (Å²) in [6, 6.07) is 2.06. The number of amides is 2. The highest BCUT2D eigenvalue weighted by Crippen LogP contribution is 2.17. The molecule has 1 aromatic heterocycles. The Kier molecular flexibility index (Phi) is 7.65. The monoisotopic (exact) mass is 363 g/mol. The van der Waals surface area contributed by atoms with Crippen LogP contribution in [0.1, 0.15) is 30.1 Å². The fourth-order valence-electron chi connectivity index (χ4n) is 2.80. The fraction of sp³-hybridized carbons (Fsp3) is 0.611. The van der Waals surface area contributed by atoms with Gasteiger partial charge in [0.1, 0.15) is 0 Å². The van der Waals surface area contributed by atoms with Gasteiger partial charge in [-0.3, -0.25) is 9.78 Å². The Labute approximate surface area is 154 Å². The zero-order chi connectivity index (χ0) is 18.9. The molecule has 2 rings (SSSR count). The summed E-state index contributed by atoms with van der Waals surface area (Å²) < 4.78 is 5.03. The molecule has 0 aliphatic carbocycles. The lowest BCUT2D eigenvalue weighted by atomic mass is 10.1. The average molecular weight is 363 g/mol. The zero-order valence-corrected chi connectivity index (χ0v) is 15.8. The number of nitrogens with zero attached hydrogens (tertiary/aromatic N) is 3. The molecule has 0 aromatic carbocycles. The number of piperidine rings is 1. The normalized spacial score (nSPS) is 15.0. The van der Waals surface area contributed by atoms with Gasteiger partial charge in [-0.2, -0.15) is 0 Å². The fourth-order valence-corrected chi connectivity index (χ4v) is 2.80. The Bertz CT molecular complexity index is 600. The van der Waals surface area contributed by atoms with Crippen LogP contribution >= 0.6 is 0 Å². The molecule has 2 N–H and O–H groups in total. The van der Waals surface area contributed by atoms with Crippen LogP contribution in [0, 0.1) is 0 Å². The van der Waals surface area contributed by atoms with Crippen molar-refractivity contribution in [3.63, 3.8) is 0 Å². The minimum Gasteiger partial charge on any atom is -0.450 e. The lowest BCUT2D eigenvalue weighted by Gasteiger charge is -2.32. The molecule has 144 valence electrons. The van der Waals surface area contributed by atoms with Crippen molar-refractivity contribution in [3.05, 3.63) is 24.0 Å². The molecule has 0 spiro atoms. The number of carbonyl (C=O) groups is 2. The van der Waals surface area contributed by atoms with Crippen LogP contribution in [0.5, 0.6) is 0 Å². The number of anilines is 1. The van der Waals surface area contributed by atoms with E-state index < -0.39 is 0 Å². The van der Waals surface area contributed by atoms with E-state index in [4.69, 9.17) is 4.74 Å². The molecule has 0 saturated carbocycles. The lowest BCUT2D eigenvalue weighted by molar-refractivity contribution is 0.0948. The van der Waals surface area contributed by atoms with E-state index in [0.717, 1.165) is 25.1 Å². The molecule has 0 atom stereocenters. The second-order valence-electron chi connectivity index (χ2n) is 6.63. The van der Waals surface area contributed by atoms with Crippen molar-refractivity contribution >= 4 is 17.7 Å². The first kappa shape index (κ1) is 20.0. The maximum Gasteiger partial charge on any atom is 0.409 e. The van der Waals surface area contributed by atoms with E-state index in [0.29, 0.717) is 31.8 Å². The van der Waals surface area contributed by atoms with Gasteiger partial charge in [-0.1, -0.05) is 0 Å². The number of ether oxygens (including phenoxy) is 1. The van der Waals surface area contributed by atoms with Gasteiger partial charge in [-0.05, 0) is 39.9 Å². The number of likely N-dealkylation sites (tertiary alicyclic amines) is 1. The first-order chi connectivity index (χ1) is 12.5. The van der Waals surface area contributed by atoms with Crippen LogP contribution in [-0.2, 0) is 4.74 Å². The van der Waals surface area contributed by atoms with Crippen molar-refractivity contribution in [1.82, 2.24) is 20.1 Å². The Balaban J connectivity index is 1.83. The molecular weight excluding hydrogens is 334 g/mol. The van der Waals surface area contributed by atoms with E-state index in [2.05, 4.69) is 15.6 Å². The third-order valence-electron chi connectivity index (χ3n) is 4.24. The SMILES string of the molecule is CCOC(=O)N1CCC(Nc2cncc(C(=O)NCCN(C)C)c2)CC1. The van der Waals surface area contributed by atoms with E-state index in [1.807, 2.05) is 32.0 Å². The van der Waals surface area contributed by atoms with Gasteiger partial charge in [0.25, 0.3) is 5.91 Å². The van der Waals surface area contributed by atoms with Gasteiger partial charge >= 0.3 is 6.09 Å². The van der Waals surface area contributed by atoms with Gasteiger partial charge in [0, 0.05) is 44.6 Å². The number of rotatable bonds is 7. The smallest absolute Gasteiger partial charge is 0.409 e. The predicted molar refractivity (Wildman–Crippen MR) is 100 cm³/mol. The largest absolute Gasteiger partial charge is 0.450 e. The Morgan fingerprint density at radius 3 is 2.69 bits per heavy atom. The van der Waals surface area contributed by atoms with Crippen molar-refractivity contribution in [3.8, 4) is 0 Å². The molecule has 8 nitrogen and oxygen atoms in total. The second-order valence-corrected chi connectivity index (χ2v) is 6.63. The van der Waals surface area contributed by atoms with E-state index in [-0.39, 0.29) is 18.0 Å². The van der Waals surface area contributed by atoms with Crippen LogP contribution in [0.3, 0.4) is 0 Å². The summed E-state index contributed by atoms with van der Waals surface area (Å²) in [6.07, 6.45) is 4.70. The molecule has 1 saturated heterocycles. The van der Waals surface area contributed by atoms with Gasteiger partial charge < -0.3 is 25.2 Å². The second kappa shape index (κ2) is 9.96. The molecule has 8 heteroatoms. The topological polar surface area (TPSA) is 86.8 Å². The van der Waals surface area contributed by atoms with E-state index in [1.54, 1.807) is 17.3 Å². The summed E-state index contributed by atoms with van der Waals surface area (Å²) in [5.74, 6) is -0.125. The van der Waals surface area contributed by atoms with Crippen molar-refractivity contribution < 1.29 is 14.3 Å². The molecule has 0 unspecified atom stereocenters. The average Bonchev–Trinajstić information content (AvgIpc) is 2.62. The van der Waals surface area contributed by atoms with E-state index in [1.165, 1.54) is 0 Å². The van der Waals surface area contributed by atoms with Crippen LogP contribution in [0.15, 0.2) is 18.5 Å². The number of likely N-dealkylation sites (N-methyl/N-ethyl adjacent to an activating group) is 1. The molecular formula is C18H29N5O3. The maximum atomic E-state index is 12.2. The van der Waals surface area contributed by atoms with Gasteiger partial charge in [0.15, 0.2) is 0 Å². The van der Waals surface area contributed by atoms with E-state index >= 15 is 0 Å². The van der Waals surface area contributed by atoms with Crippen LogP contribution in [0.4, 0.5) is 10.5 Å². The lowest BCUT2D eigenvalue weighted by Crippen LogP contribution is -2.42. The number of carbonyl (C=O) groups excluding carboxylic acids is 2. The summed E-state index contributed by atoms with van der Waals surface area (Å²) in [5.41, 5.74) is 1.36. The summed E-state index contributed by atoms with van der Waals surface area (Å²) in [6.45, 7) is 4.91. The Morgan fingerprint density at radius 1 is 1.31 bits per heavy atom. The molecule has 1 aromatic rings. The minimum atomic E-state index is -0.246. The van der Waals surface area contributed by atoms with Crippen molar-refractivity contribution in [2.45, 2.75) is 25.8 Å². The van der Waals surface area contributed by atoms with Gasteiger partial charge in [0.2, 0.25) is 0 Å². The van der Waals surface area contributed by atoms with Crippen LogP contribution < -0.4 is 10.6 Å². The highest BCUT2D eigenvalue weighted by Gasteiger charge is 2.23. The highest BCUT2D eigenvalue weighted by molar-refractivity contribution is 5.94. The first-order valence-electron chi connectivity index (χ1n) is 9.05. The molecule has 0 bridgehead atoms. The van der Waals surface area contributed by atoms with Gasteiger partial charge in [-0.25, -0.2) is 4.79 Å². The summed E-state index contributed by atoms with van der Waals surface area (Å²) >= 11 is 0. The molecule has 1 fully saturated rings. The van der Waals surface area contributed by atoms with Crippen LogP contribution in [0.2, 0.25) is 0 Å². The first-order valence-corrected chi connectivity index (χ1v) is 9.05. The third-order valence-corrected chi connectivity index (χ3v) is 4.24. The van der Waals surface area contributed by atoms with Crippen molar-refractivity contribution in [2.75, 3.05) is 52.2 Å². The number of pyridine rings is 1. The Morgan fingerprint density at radius 2 is 2.04 bits per heavy atom. The molecule has 1 aliphatic rings. The quantitative estimate of drug-likeness (QED) is 0.762. The summed E-state index contributed by atoms with van der Waals surface area (Å²) in [7, 11) is 3.93. The number of nitrogens with one attached hydrogen (secondary N) is 2. The Hall–Kier alpha value is -2.35. The van der Waals surface area contributed by atoms with E-state index in [9.17, 15) is 9.59 Å². The standard InChI is InChI=1S/C18H29N5O3/c1-4-26-18(25)23-8-5-15(6-9-23)21-16-11-14(12-19-13-16)17(24)20-7-10-22(2)3/h11-13,15,21H,4-10H2,1-3H3,(H,20,24). The van der Waals surface area contributed by atoms with Gasteiger partial charge in [-0.15, -0.1) is 0 Å². The minimum absolute atomic E-state index is 0.125. The van der Waals surface area contributed by atoms with Crippen molar-refractivity contribution in [1.29, 1.82) is 0 Å². The molecule has 1 aliphatic heterocycles. The molecule has 26 heavy (non-hydrogen) atoms. The molecule has 2 amide bonds. The van der Waals surface area contributed by atoms with Crippen LogP contribution in [0.25, 0.3) is 0 Å². The number of hydrogen-bond acceptors (Lipinski definition) is 6. The third kappa shape index (κ3) is 6.18. The van der Waals surface area contributed by atoms with Crippen LogP contribution in [-0.4, -0.2) is 79.7 Å².